The molecule has 2 heterocycles. The van der Waals surface area contributed by atoms with E-state index in [4.69, 9.17) is 9.47 Å². The van der Waals surface area contributed by atoms with Gasteiger partial charge in [-0.1, -0.05) is 19.1 Å². The standard InChI is InChI=1S/C22H28N2O2/c1-4-24-11-5-6-16(14-24)23-22-18-9-7-15(2)12-20(18)26-21-13-17(25-3)8-10-19(21)22/h7-10,12-13,16,22-23H,4-6,11,14H2,1-3H3. The Morgan fingerprint density at radius 3 is 2.69 bits per heavy atom. The Balaban J connectivity index is 1.69. The summed E-state index contributed by atoms with van der Waals surface area (Å²) >= 11 is 0. The summed E-state index contributed by atoms with van der Waals surface area (Å²) in [4.78, 5) is 2.53. The molecule has 2 atom stereocenters. The van der Waals surface area contributed by atoms with Crippen LogP contribution in [0.5, 0.6) is 17.2 Å². The number of rotatable bonds is 4. The van der Waals surface area contributed by atoms with Gasteiger partial charge in [0.1, 0.15) is 17.2 Å². The number of benzene rings is 2. The topological polar surface area (TPSA) is 33.7 Å². The van der Waals surface area contributed by atoms with Crippen LogP contribution in [-0.2, 0) is 0 Å². The zero-order chi connectivity index (χ0) is 18.1. The summed E-state index contributed by atoms with van der Waals surface area (Å²) in [5, 5.41) is 3.93. The van der Waals surface area contributed by atoms with Crippen LogP contribution in [0.3, 0.4) is 0 Å². The molecule has 26 heavy (non-hydrogen) atoms. The molecule has 0 aliphatic carbocycles. The first-order chi connectivity index (χ1) is 12.7. The van der Waals surface area contributed by atoms with E-state index in [1.165, 1.54) is 36.1 Å². The van der Waals surface area contributed by atoms with Crippen LogP contribution in [0.15, 0.2) is 36.4 Å². The van der Waals surface area contributed by atoms with E-state index in [1.54, 1.807) is 7.11 Å². The first-order valence-electron chi connectivity index (χ1n) is 9.62. The molecule has 0 saturated carbocycles. The third kappa shape index (κ3) is 3.31. The highest BCUT2D eigenvalue weighted by Gasteiger charge is 2.30. The molecule has 0 spiro atoms. The second kappa shape index (κ2) is 7.29. The Kier molecular flexibility index (Phi) is 4.88. The molecule has 0 amide bonds. The van der Waals surface area contributed by atoms with Crippen LogP contribution in [0.1, 0.15) is 42.5 Å². The lowest BCUT2D eigenvalue weighted by molar-refractivity contribution is 0.192. The van der Waals surface area contributed by atoms with Crippen molar-refractivity contribution in [1.82, 2.24) is 10.2 Å². The summed E-state index contributed by atoms with van der Waals surface area (Å²) in [6.45, 7) is 7.80. The third-order valence-corrected chi connectivity index (χ3v) is 5.59. The normalized spacial score (nSPS) is 22.3. The largest absolute Gasteiger partial charge is 0.497 e. The number of hydrogen-bond donors (Lipinski definition) is 1. The minimum atomic E-state index is 0.155. The van der Waals surface area contributed by atoms with Gasteiger partial charge in [-0.25, -0.2) is 0 Å². The molecule has 2 aliphatic heterocycles. The summed E-state index contributed by atoms with van der Waals surface area (Å²) in [6, 6.07) is 13.3. The van der Waals surface area contributed by atoms with Crippen molar-refractivity contribution >= 4 is 0 Å². The van der Waals surface area contributed by atoms with Crippen LogP contribution in [0.4, 0.5) is 0 Å². The summed E-state index contributed by atoms with van der Waals surface area (Å²) in [6.07, 6.45) is 2.48. The minimum absolute atomic E-state index is 0.155. The van der Waals surface area contributed by atoms with Gasteiger partial charge in [-0.05, 0) is 56.6 Å². The number of aryl methyl sites for hydroxylation is 1. The van der Waals surface area contributed by atoms with E-state index in [0.717, 1.165) is 30.3 Å². The number of fused-ring (bicyclic) bond motifs is 2. The number of methoxy groups -OCH3 is 1. The van der Waals surface area contributed by atoms with E-state index >= 15 is 0 Å². The second-order valence-corrected chi connectivity index (χ2v) is 7.38. The Morgan fingerprint density at radius 2 is 1.92 bits per heavy atom. The van der Waals surface area contributed by atoms with E-state index in [1.807, 2.05) is 12.1 Å². The van der Waals surface area contributed by atoms with Gasteiger partial charge < -0.3 is 19.7 Å². The highest BCUT2D eigenvalue weighted by atomic mass is 16.5. The Hall–Kier alpha value is -2.04. The lowest BCUT2D eigenvalue weighted by atomic mass is 9.92. The molecule has 4 rings (SSSR count). The molecule has 2 aliphatic rings. The van der Waals surface area contributed by atoms with Crippen molar-refractivity contribution in [3.8, 4) is 17.2 Å². The molecule has 2 aromatic carbocycles. The molecular formula is C22H28N2O2. The monoisotopic (exact) mass is 352 g/mol. The molecule has 138 valence electrons. The summed E-state index contributed by atoms with van der Waals surface area (Å²) in [7, 11) is 1.69. The van der Waals surface area contributed by atoms with E-state index in [9.17, 15) is 0 Å². The quantitative estimate of drug-likeness (QED) is 0.891. The van der Waals surface area contributed by atoms with Gasteiger partial charge in [0.2, 0.25) is 0 Å². The maximum Gasteiger partial charge on any atom is 0.136 e. The van der Waals surface area contributed by atoms with Crippen LogP contribution in [0.2, 0.25) is 0 Å². The number of piperidine rings is 1. The number of likely N-dealkylation sites (tertiary alicyclic amines) is 1. The smallest absolute Gasteiger partial charge is 0.136 e. The Morgan fingerprint density at radius 1 is 1.15 bits per heavy atom. The first-order valence-corrected chi connectivity index (χ1v) is 9.62. The highest BCUT2D eigenvalue weighted by molar-refractivity contribution is 5.56. The van der Waals surface area contributed by atoms with Gasteiger partial charge in [-0.2, -0.15) is 0 Å². The lowest BCUT2D eigenvalue weighted by Gasteiger charge is -2.37. The van der Waals surface area contributed by atoms with Gasteiger partial charge in [0.25, 0.3) is 0 Å². The fourth-order valence-corrected chi connectivity index (χ4v) is 4.12. The number of ether oxygens (including phenoxy) is 2. The third-order valence-electron chi connectivity index (χ3n) is 5.59. The van der Waals surface area contributed by atoms with Crippen LogP contribution >= 0.6 is 0 Å². The van der Waals surface area contributed by atoms with Crippen LogP contribution < -0.4 is 14.8 Å². The molecule has 0 bridgehead atoms. The van der Waals surface area contributed by atoms with Crippen molar-refractivity contribution < 1.29 is 9.47 Å². The van der Waals surface area contributed by atoms with Crippen molar-refractivity contribution in [1.29, 1.82) is 0 Å². The second-order valence-electron chi connectivity index (χ2n) is 7.38. The maximum atomic E-state index is 6.23. The molecule has 1 fully saturated rings. The highest BCUT2D eigenvalue weighted by Crippen LogP contribution is 2.44. The van der Waals surface area contributed by atoms with E-state index < -0.39 is 0 Å². The number of hydrogen-bond acceptors (Lipinski definition) is 4. The number of nitrogens with one attached hydrogen (secondary N) is 1. The molecule has 0 aromatic heterocycles. The molecule has 2 unspecified atom stereocenters. The molecule has 0 radical (unpaired) electrons. The average Bonchev–Trinajstić information content (AvgIpc) is 2.67. The molecule has 4 heteroatoms. The van der Waals surface area contributed by atoms with Gasteiger partial charge in [0, 0.05) is 29.8 Å². The SMILES string of the molecule is CCN1CCCC(NC2c3ccc(C)cc3Oc3cc(OC)ccc32)C1. The van der Waals surface area contributed by atoms with Crippen molar-refractivity contribution in [3.05, 3.63) is 53.1 Å². The average molecular weight is 352 g/mol. The number of nitrogens with zero attached hydrogens (tertiary/aromatic N) is 1. The fraction of sp³-hybridized carbons (Fsp3) is 0.455. The fourth-order valence-electron chi connectivity index (χ4n) is 4.12. The zero-order valence-electron chi connectivity index (χ0n) is 15.9. The van der Waals surface area contributed by atoms with Crippen LogP contribution in [0.25, 0.3) is 0 Å². The Bertz CT molecular complexity index is 790. The van der Waals surface area contributed by atoms with E-state index in [0.29, 0.717) is 6.04 Å². The Labute approximate surface area is 156 Å². The van der Waals surface area contributed by atoms with Gasteiger partial charge in [0.15, 0.2) is 0 Å². The molecular weight excluding hydrogens is 324 g/mol. The van der Waals surface area contributed by atoms with Crippen molar-refractivity contribution in [2.75, 3.05) is 26.7 Å². The van der Waals surface area contributed by atoms with Gasteiger partial charge >= 0.3 is 0 Å². The predicted molar refractivity (Wildman–Crippen MR) is 104 cm³/mol. The molecule has 1 saturated heterocycles. The van der Waals surface area contributed by atoms with E-state index in [2.05, 4.69) is 48.3 Å². The maximum absolute atomic E-state index is 6.23. The summed E-state index contributed by atoms with van der Waals surface area (Å²) in [5.41, 5.74) is 3.63. The predicted octanol–water partition coefficient (Wildman–Crippen LogP) is 4.27. The lowest BCUT2D eigenvalue weighted by Crippen LogP contribution is -2.47. The van der Waals surface area contributed by atoms with Crippen molar-refractivity contribution in [2.24, 2.45) is 0 Å². The van der Waals surface area contributed by atoms with Gasteiger partial charge in [-0.3, -0.25) is 0 Å². The van der Waals surface area contributed by atoms with Gasteiger partial charge in [0.05, 0.1) is 13.2 Å². The van der Waals surface area contributed by atoms with Crippen LogP contribution in [0, 0.1) is 6.92 Å². The first kappa shape index (κ1) is 17.4. The molecule has 1 N–H and O–H groups in total. The van der Waals surface area contributed by atoms with E-state index in [-0.39, 0.29) is 6.04 Å². The zero-order valence-corrected chi connectivity index (χ0v) is 15.9. The van der Waals surface area contributed by atoms with Gasteiger partial charge in [-0.15, -0.1) is 0 Å². The molecule has 2 aromatic rings. The van der Waals surface area contributed by atoms with Crippen LogP contribution in [-0.4, -0.2) is 37.7 Å². The number of likely N-dealkylation sites (N-methyl/N-ethyl adjacent to an activating group) is 1. The van der Waals surface area contributed by atoms with Crippen molar-refractivity contribution in [3.63, 3.8) is 0 Å². The minimum Gasteiger partial charge on any atom is -0.497 e. The summed E-state index contributed by atoms with van der Waals surface area (Å²) in [5.74, 6) is 2.67. The van der Waals surface area contributed by atoms with Crippen molar-refractivity contribution in [2.45, 2.75) is 38.8 Å². The molecule has 4 nitrogen and oxygen atoms in total. The summed E-state index contributed by atoms with van der Waals surface area (Å²) < 4.78 is 11.6.